The van der Waals surface area contributed by atoms with E-state index in [9.17, 15) is 9.59 Å². The van der Waals surface area contributed by atoms with E-state index in [4.69, 9.17) is 11.6 Å². The highest BCUT2D eigenvalue weighted by atomic mass is 35.5. The molecule has 0 heterocycles. The van der Waals surface area contributed by atoms with Gasteiger partial charge >= 0.3 is 0 Å². The lowest BCUT2D eigenvalue weighted by molar-refractivity contribution is 0.0772. The van der Waals surface area contributed by atoms with Gasteiger partial charge in [0, 0.05) is 25.2 Å². The van der Waals surface area contributed by atoms with Gasteiger partial charge in [-0.3, -0.25) is 9.59 Å². The van der Waals surface area contributed by atoms with Crippen molar-refractivity contribution >= 4 is 23.4 Å². The van der Waals surface area contributed by atoms with E-state index in [1.54, 1.807) is 41.3 Å². The second-order valence-corrected chi connectivity index (χ2v) is 5.74. The predicted molar refractivity (Wildman–Crippen MR) is 96.3 cm³/mol. The number of carbonyl (C=O) groups is 2. The summed E-state index contributed by atoms with van der Waals surface area (Å²) in [6, 6.07) is 14.2. The van der Waals surface area contributed by atoms with Gasteiger partial charge in [0.05, 0.1) is 10.6 Å². The van der Waals surface area contributed by atoms with Gasteiger partial charge in [0.2, 0.25) is 0 Å². The molecule has 0 aromatic heterocycles. The molecule has 0 aliphatic rings. The highest BCUT2D eigenvalue weighted by molar-refractivity contribution is 6.33. The Hall–Kier alpha value is -2.33. The van der Waals surface area contributed by atoms with Gasteiger partial charge in [0.25, 0.3) is 11.8 Å². The van der Waals surface area contributed by atoms with E-state index in [1.165, 1.54) is 0 Å². The average molecular weight is 345 g/mol. The largest absolute Gasteiger partial charge is 0.348 e. The van der Waals surface area contributed by atoms with E-state index in [0.717, 1.165) is 5.56 Å². The molecule has 0 bridgehead atoms. The van der Waals surface area contributed by atoms with E-state index in [0.29, 0.717) is 35.8 Å². The van der Waals surface area contributed by atoms with E-state index < -0.39 is 0 Å². The molecule has 2 aromatic rings. The normalized spacial score (nSPS) is 10.3. The number of nitrogens with zero attached hydrogens (tertiary/aromatic N) is 1. The lowest BCUT2D eigenvalue weighted by Crippen LogP contribution is -2.30. The zero-order valence-electron chi connectivity index (χ0n) is 13.9. The predicted octanol–water partition coefficient (Wildman–Crippen LogP) is 3.75. The van der Waals surface area contributed by atoms with Crippen molar-refractivity contribution in [1.29, 1.82) is 0 Å². The number of amides is 2. The standard InChI is InChI=1S/C19H21ClN2O2/c1-3-22(4-2)19(24)15-11-9-14(10-12-15)13-21-18(23)16-7-5-6-8-17(16)20/h5-12H,3-4,13H2,1-2H3,(H,21,23). The molecular weight excluding hydrogens is 324 g/mol. The molecule has 0 radical (unpaired) electrons. The minimum Gasteiger partial charge on any atom is -0.348 e. The van der Waals surface area contributed by atoms with Crippen molar-refractivity contribution in [1.82, 2.24) is 10.2 Å². The molecule has 2 aromatic carbocycles. The third-order valence-corrected chi connectivity index (χ3v) is 4.15. The highest BCUT2D eigenvalue weighted by Gasteiger charge is 2.12. The molecule has 2 rings (SSSR count). The van der Waals surface area contributed by atoms with Crippen LogP contribution in [0.5, 0.6) is 0 Å². The van der Waals surface area contributed by atoms with Gasteiger partial charge in [-0.2, -0.15) is 0 Å². The molecule has 1 N–H and O–H groups in total. The lowest BCUT2D eigenvalue weighted by atomic mass is 10.1. The molecule has 5 heteroatoms. The van der Waals surface area contributed by atoms with Gasteiger partial charge in [-0.1, -0.05) is 35.9 Å². The Bertz CT molecular complexity index is 710. The second-order valence-electron chi connectivity index (χ2n) is 5.34. The van der Waals surface area contributed by atoms with Gasteiger partial charge in [-0.15, -0.1) is 0 Å². The fourth-order valence-corrected chi connectivity index (χ4v) is 2.60. The third kappa shape index (κ3) is 4.36. The third-order valence-electron chi connectivity index (χ3n) is 3.82. The monoisotopic (exact) mass is 344 g/mol. The molecule has 126 valence electrons. The van der Waals surface area contributed by atoms with E-state index in [1.807, 2.05) is 26.0 Å². The fourth-order valence-electron chi connectivity index (χ4n) is 2.38. The van der Waals surface area contributed by atoms with Gasteiger partial charge < -0.3 is 10.2 Å². The van der Waals surface area contributed by atoms with Crippen molar-refractivity contribution in [3.05, 3.63) is 70.2 Å². The first kappa shape index (κ1) is 18.0. The summed E-state index contributed by atoms with van der Waals surface area (Å²) in [6.07, 6.45) is 0. The second kappa shape index (κ2) is 8.50. The van der Waals surface area contributed by atoms with Crippen LogP contribution in [0.4, 0.5) is 0 Å². The summed E-state index contributed by atoms with van der Waals surface area (Å²) in [6.45, 7) is 5.67. The molecule has 0 unspecified atom stereocenters. The molecule has 0 saturated carbocycles. The molecule has 4 nitrogen and oxygen atoms in total. The summed E-state index contributed by atoms with van der Waals surface area (Å²) in [7, 11) is 0. The first-order chi connectivity index (χ1) is 11.6. The zero-order valence-corrected chi connectivity index (χ0v) is 14.6. The van der Waals surface area contributed by atoms with Crippen molar-refractivity contribution in [2.45, 2.75) is 20.4 Å². The van der Waals surface area contributed by atoms with Crippen LogP contribution in [0, 0.1) is 0 Å². The summed E-state index contributed by atoms with van der Waals surface area (Å²) < 4.78 is 0. The Labute approximate surface area is 147 Å². The Balaban J connectivity index is 1.98. The zero-order chi connectivity index (χ0) is 17.5. The van der Waals surface area contributed by atoms with Crippen molar-refractivity contribution < 1.29 is 9.59 Å². The van der Waals surface area contributed by atoms with Crippen molar-refractivity contribution in [3.63, 3.8) is 0 Å². The highest BCUT2D eigenvalue weighted by Crippen LogP contribution is 2.15. The topological polar surface area (TPSA) is 49.4 Å². The smallest absolute Gasteiger partial charge is 0.253 e. The van der Waals surface area contributed by atoms with Crippen LogP contribution >= 0.6 is 11.6 Å². The molecular formula is C19H21ClN2O2. The van der Waals surface area contributed by atoms with Crippen LogP contribution in [0.25, 0.3) is 0 Å². The lowest BCUT2D eigenvalue weighted by Gasteiger charge is -2.18. The van der Waals surface area contributed by atoms with Gasteiger partial charge in [0.15, 0.2) is 0 Å². The summed E-state index contributed by atoms with van der Waals surface area (Å²) in [5, 5.41) is 3.26. The fraction of sp³-hybridized carbons (Fsp3) is 0.263. The molecule has 0 fully saturated rings. The Morgan fingerprint density at radius 2 is 1.62 bits per heavy atom. The summed E-state index contributed by atoms with van der Waals surface area (Å²) in [5.41, 5.74) is 2.03. The molecule has 24 heavy (non-hydrogen) atoms. The first-order valence-corrected chi connectivity index (χ1v) is 8.35. The van der Waals surface area contributed by atoms with Crippen molar-refractivity contribution in [2.24, 2.45) is 0 Å². The summed E-state index contributed by atoms with van der Waals surface area (Å²) >= 11 is 6.01. The molecule has 0 aliphatic heterocycles. The number of halogens is 1. The van der Waals surface area contributed by atoms with Crippen LogP contribution in [0.2, 0.25) is 5.02 Å². The number of benzene rings is 2. The quantitative estimate of drug-likeness (QED) is 0.867. The van der Waals surface area contributed by atoms with Crippen LogP contribution in [0.15, 0.2) is 48.5 Å². The Morgan fingerprint density at radius 3 is 2.21 bits per heavy atom. The average Bonchev–Trinajstić information content (AvgIpc) is 2.61. The van der Waals surface area contributed by atoms with Crippen LogP contribution in [0.1, 0.15) is 40.1 Å². The van der Waals surface area contributed by atoms with E-state index in [-0.39, 0.29) is 11.8 Å². The SMILES string of the molecule is CCN(CC)C(=O)c1ccc(CNC(=O)c2ccccc2Cl)cc1. The minimum absolute atomic E-state index is 0.0200. The van der Waals surface area contributed by atoms with Crippen LogP contribution in [0.3, 0.4) is 0 Å². The van der Waals surface area contributed by atoms with E-state index in [2.05, 4.69) is 5.32 Å². The van der Waals surface area contributed by atoms with Gasteiger partial charge in [0.1, 0.15) is 0 Å². The molecule has 0 atom stereocenters. The maximum absolute atomic E-state index is 12.2. The van der Waals surface area contributed by atoms with Crippen LogP contribution in [-0.4, -0.2) is 29.8 Å². The molecule has 0 aliphatic carbocycles. The molecule has 0 spiro atoms. The maximum atomic E-state index is 12.2. The summed E-state index contributed by atoms with van der Waals surface area (Å²) in [5.74, 6) is -0.199. The Kier molecular flexibility index (Phi) is 6.38. The van der Waals surface area contributed by atoms with Crippen LogP contribution in [-0.2, 0) is 6.54 Å². The van der Waals surface area contributed by atoms with Crippen molar-refractivity contribution in [3.8, 4) is 0 Å². The van der Waals surface area contributed by atoms with Gasteiger partial charge in [-0.25, -0.2) is 0 Å². The number of hydrogen-bond acceptors (Lipinski definition) is 2. The molecule has 2 amide bonds. The van der Waals surface area contributed by atoms with Crippen LogP contribution < -0.4 is 5.32 Å². The number of hydrogen-bond donors (Lipinski definition) is 1. The number of nitrogens with one attached hydrogen (secondary N) is 1. The van der Waals surface area contributed by atoms with Crippen molar-refractivity contribution in [2.75, 3.05) is 13.1 Å². The number of rotatable bonds is 6. The van der Waals surface area contributed by atoms with Gasteiger partial charge in [-0.05, 0) is 43.7 Å². The Morgan fingerprint density at radius 1 is 1.00 bits per heavy atom. The minimum atomic E-state index is -0.219. The first-order valence-electron chi connectivity index (χ1n) is 7.97. The maximum Gasteiger partial charge on any atom is 0.253 e. The summed E-state index contributed by atoms with van der Waals surface area (Å²) in [4.78, 5) is 26.1. The molecule has 0 saturated heterocycles. The number of carbonyl (C=O) groups excluding carboxylic acids is 2. The van der Waals surface area contributed by atoms with E-state index >= 15 is 0 Å².